The minimum atomic E-state index is 0.619. The van der Waals surface area contributed by atoms with Gasteiger partial charge in [-0.05, 0) is 34.2 Å². The molecule has 0 aliphatic heterocycles. The zero-order valence-electron chi connectivity index (χ0n) is 7.63. The predicted octanol–water partition coefficient (Wildman–Crippen LogP) is 3.76. The monoisotopic (exact) mass is 347 g/mol. The minimum absolute atomic E-state index is 0.619. The number of hydrogen-bond donors (Lipinski definition) is 1. The van der Waals surface area contributed by atoms with Gasteiger partial charge in [0, 0.05) is 15.2 Å². The van der Waals surface area contributed by atoms with E-state index in [1.807, 2.05) is 10.6 Å². The van der Waals surface area contributed by atoms with E-state index in [0.717, 1.165) is 20.1 Å². The molecule has 0 amide bonds. The molecule has 0 atom stereocenters. The van der Waals surface area contributed by atoms with Crippen LogP contribution in [0.25, 0.3) is 11.2 Å². The summed E-state index contributed by atoms with van der Waals surface area (Å²) in [5.41, 5.74) is 1.76. The van der Waals surface area contributed by atoms with E-state index >= 15 is 0 Å². The van der Waals surface area contributed by atoms with Crippen molar-refractivity contribution in [1.82, 2.24) is 14.5 Å². The zero-order valence-corrected chi connectivity index (χ0v) is 11.6. The lowest BCUT2D eigenvalue weighted by Crippen LogP contribution is -1.98. The second-order valence-corrected chi connectivity index (χ2v) is 5.48. The van der Waals surface area contributed by atoms with Crippen LogP contribution in [0.1, 0.15) is 0 Å². The molecule has 2 heterocycles. The first-order valence-corrected chi connectivity index (χ1v) is 6.14. The highest BCUT2D eigenvalue weighted by atomic mass is 79.9. The van der Waals surface area contributed by atoms with Gasteiger partial charge in [0.05, 0.1) is 12.1 Å². The third-order valence-corrected chi connectivity index (χ3v) is 2.91. The van der Waals surface area contributed by atoms with Crippen molar-refractivity contribution >= 4 is 55.2 Å². The number of rotatable bonds is 2. The Balaban J connectivity index is 2.68. The Morgan fingerprint density at radius 3 is 3.07 bits per heavy atom. The summed E-state index contributed by atoms with van der Waals surface area (Å²) >= 11 is 11.9. The molecule has 0 aromatic carbocycles. The number of nitrogens with zero attached hydrogens (tertiary/aromatic N) is 2. The van der Waals surface area contributed by atoms with Crippen molar-refractivity contribution in [2.75, 3.05) is 0 Å². The minimum Gasteiger partial charge on any atom is -0.329 e. The van der Waals surface area contributed by atoms with E-state index in [-0.39, 0.29) is 0 Å². The molecule has 0 saturated heterocycles. The van der Waals surface area contributed by atoms with Gasteiger partial charge >= 0.3 is 0 Å². The average Bonchev–Trinajstić information content (AvgIpc) is 2.41. The van der Waals surface area contributed by atoms with E-state index in [1.54, 1.807) is 6.20 Å². The summed E-state index contributed by atoms with van der Waals surface area (Å²) in [6.07, 6.45) is 1.75. The first-order valence-electron chi connectivity index (χ1n) is 4.15. The number of aromatic nitrogens is 3. The summed E-state index contributed by atoms with van der Waals surface area (Å²) in [7, 11) is 0. The lowest BCUT2D eigenvalue weighted by Gasteiger charge is -2.01. The number of pyridine rings is 1. The molecule has 0 saturated carbocycles. The summed E-state index contributed by atoms with van der Waals surface area (Å²) in [6.45, 7) is 4.41. The van der Waals surface area contributed by atoms with E-state index < -0.39 is 0 Å². The van der Waals surface area contributed by atoms with Crippen LogP contribution in [0.2, 0.25) is 0 Å². The van der Waals surface area contributed by atoms with Gasteiger partial charge in [0.15, 0.2) is 10.4 Å². The maximum Gasteiger partial charge on any atom is 0.179 e. The fourth-order valence-corrected chi connectivity index (χ4v) is 2.18. The lowest BCUT2D eigenvalue weighted by atomic mass is 10.4. The molecule has 0 radical (unpaired) electrons. The molecular formula is C9H7Br2N3S. The molecule has 0 aliphatic rings. The first kappa shape index (κ1) is 11.0. The van der Waals surface area contributed by atoms with Crippen molar-refractivity contribution in [3.63, 3.8) is 0 Å². The van der Waals surface area contributed by atoms with Crippen molar-refractivity contribution in [2.45, 2.75) is 6.54 Å². The number of fused-ring (bicyclic) bond motifs is 1. The maximum absolute atomic E-state index is 5.20. The Morgan fingerprint density at radius 2 is 2.40 bits per heavy atom. The highest BCUT2D eigenvalue weighted by Gasteiger charge is 2.06. The number of hydrogen-bond acceptors (Lipinski definition) is 2. The van der Waals surface area contributed by atoms with Crippen LogP contribution in [0.15, 0.2) is 27.8 Å². The van der Waals surface area contributed by atoms with E-state index in [9.17, 15) is 0 Å². The third kappa shape index (κ3) is 2.21. The Labute approximate surface area is 108 Å². The van der Waals surface area contributed by atoms with Crippen molar-refractivity contribution in [3.8, 4) is 0 Å². The SMILES string of the molecule is C=C(Br)Cn1c(=S)[nH]c2cc(Br)cnc21. The number of allylic oxidation sites excluding steroid dienone is 1. The van der Waals surface area contributed by atoms with Gasteiger partial charge in [-0.25, -0.2) is 4.98 Å². The number of nitrogens with one attached hydrogen (secondary N) is 1. The van der Waals surface area contributed by atoms with Gasteiger partial charge < -0.3 is 4.98 Å². The molecule has 0 unspecified atom stereocenters. The second kappa shape index (κ2) is 4.19. The molecule has 3 nitrogen and oxygen atoms in total. The molecule has 0 bridgehead atoms. The molecule has 1 N–H and O–H groups in total. The third-order valence-electron chi connectivity index (χ3n) is 1.91. The standard InChI is InChI=1S/C9H7Br2N3S/c1-5(10)4-14-8-7(13-9(14)15)2-6(11)3-12-8/h2-3H,1,4H2,(H,13,15). The normalized spacial score (nSPS) is 10.8. The zero-order chi connectivity index (χ0) is 11.0. The second-order valence-electron chi connectivity index (χ2n) is 3.06. The Morgan fingerprint density at radius 1 is 1.67 bits per heavy atom. The van der Waals surface area contributed by atoms with Crippen molar-refractivity contribution in [1.29, 1.82) is 0 Å². The molecule has 0 fully saturated rings. The fourth-order valence-electron chi connectivity index (χ4n) is 1.34. The van der Waals surface area contributed by atoms with Crippen molar-refractivity contribution in [2.24, 2.45) is 0 Å². The van der Waals surface area contributed by atoms with Crippen molar-refractivity contribution in [3.05, 3.63) is 32.6 Å². The van der Waals surface area contributed by atoms with Crippen LogP contribution in [-0.2, 0) is 6.54 Å². The number of H-pyrrole nitrogens is 1. The molecule has 2 aromatic heterocycles. The van der Waals surface area contributed by atoms with Crippen molar-refractivity contribution < 1.29 is 0 Å². The maximum atomic E-state index is 5.20. The van der Waals surface area contributed by atoms with Crippen LogP contribution in [0.3, 0.4) is 0 Å². The largest absolute Gasteiger partial charge is 0.329 e. The van der Waals surface area contributed by atoms with Gasteiger partial charge in [-0.2, -0.15) is 0 Å². The summed E-state index contributed by atoms with van der Waals surface area (Å²) in [4.78, 5) is 7.41. The van der Waals surface area contributed by atoms with Gasteiger partial charge in [0.1, 0.15) is 0 Å². The molecule has 0 spiro atoms. The molecule has 2 rings (SSSR count). The first-order chi connectivity index (χ1) is 7.08. The summed E-state index contributed by atoms with van der Waals surface area (Å²) in [5.74, 6) is 0. The summed E-state index contributed by atoms with van der Waals surface area (Å²) < 4.78 is 4.34. The van der Waals surface area contributed by atoms with Crippen LogP contribution in [0, 0.1) is 4.77 Å². The molecule has 0 aliphatic carbocycles. The van der Waals surface area contributed by atoms with Crippen LogP contribution < -0.4 is 0 Å². The summed E-state index contributed by atoms with van der Waals surface area (Å²) in [5, 5.41) is 0. The summed E-state index contributed by atoms with van der Waals surface area (Å²) in [6, 6.07) is 1.95. The van der Waals surface area contributed by atoms with Gasteiger partial charge in [0.2, 0.25) is 0 Å². The average molecular weight is 349 g/mol. The highest BCUT2D eigenvalue weighted by Crippen LogP contribution is 2.18. The molecular weight excluding hydrogens is 342 g/mol. The fraction of sp³-hybridized carbons (Fsp3) is 0.111. The molecule has 15 heavy (non-hydrogen) atoms. The van der Waals surface area contributed by atoms with E-state index in [1.165, 1.54) is 0 Å². The smallest absolute Gasteiger partial charge is 0.179 e. The van der Waals surface area contributed by atoms with Crippen LogP contribution >= 0.6 is 44.1 Å². The number of imidazole rings is 1. The number of halogens is 2. The lowest BCUT2D eigenvalue weighted by molar-refractivity contribution is 0.818. The molecule has 6 heteroatoms. The van der Waals surface area contributed by atoms with Gasteiger partial charge in [-0.3, -0.25) is 4.57 Å². The van der Waals surface area contributed by atoms with Crippen LogP contribution in [0.4, 0.5) is 0 Å². The molecule has 78 valence electrons. The van der Waals surface area contributed by atoms with Gasteiger partial charge in [-0.15, -0.1) is 0 Å². The van der Waals surface area contributed by atoms with Gasteiger partial charge in [0.25, 0.3) is 0 Å². The quantitative estimate of drug-likeness (QED) is 0.838. The Bertz CT molecular complexity index is 585. The topological polar surface area (TPSA) is 33.6 Å². The Hall–Kier alpha value is -0.460. The van der Waals surface area contributed by atoms with Crippen LogP contribution in [0.5, 0.6) is 0 Å². The van der Waals surface area contributed by atoms with E-state index in [4.69, 9.17) is 12.2 Å². The predicted molar refractivity (Wildman–Crippen MR) is 70.7 cm³/mol. The van der Waals surface area contributed by atoms with Gasteiger partial charge in [-0.1, -0.05) is 22.5 Å². The van der Waals surface area contributed by atoms with E-state index in [0.29, 0.717) is 11.3 Å². The number of aromatic amines is 1. The van der Waals surface area contributed by atoms with Crippen LogP contribution in [-0.4, -0.2) is 14.5 Å². The highest BCUT2D eigenvalue weighted by molar-refractivity contribution is 9.11. The Kier molecular flexibility index (Phi) is 3.08. The van der Waals surface area contributed by atoms with E-state index in [2.05, 4.69) is 48.4 Å². The molecule has 2 aromatic rings.